The zero-order valence-electron chi connectivity index (χ0n) is 7.65. The molecule has 0 atom stereocenters. The van der Waals surface area contributed by atoms with E-state index in [1.165, 1.54) is 0 Å². The molecule has 13 heavy (non-hydrogen) atoms. The van der Waals surface area contributed by atoms with E-state index in [0.29, 0.717) is 6.54 Å². The van der Waals surface area contributed by atoms with Gasteiger partial charge in [0.1, 0.15) is 0 Å². The normalized spacial score (nSPS) is 12.2. The highest BCUT2D eigenvalue weighted by atomic mass is 32.2. The molecule has 0 unspecified atom stereocenters. The Morgan fingerprint density at radius 2 is 2.23 bits per heavy atom. The minimum absolute atomic E-state index is 0.369. The lowest BCUT2D eigenvalue weighted by molar-refractivity contribution is 0.572. The molecular formula is C8H13NO2S2. The highest BCUT2D eigenvalue weighted by Gasteiger charge is 2.14. The minimum Gasteiger partial charge on any atom is -0.212 e. The molecule has 0 saturated heterocycles. The van der Waals surface area contributed by atoms with Crippen LogP contribution >= 0.6 is 11.3 Å². The lowest BCUT2D eigenvalue weighted by atomic mass is 10.4. The maximum atomic E-state index is 11.3. The Morgan fingerprint density at radius 1 is 1.54 bits per heavy atom. The van der Waals surface area contributed by atoms with Crippen molar-refractivity contribution in [2.24, 2.45) is 0 Å². The maximum Gasteiger partial charge on any atom is 0.214 e. The van der Waals surface area contributed by atoms with E-state index in [9.17, 15) is 8.42 Å². The van der Waals surface area contributed by atoms with Crippen LogP contribution in [0.2, 0.25) is 0 Å². The SMILES string of the molecule is CC(C)S(=O)(=O)NCc1ccsc1. The Morgan fingerprint density at radius 3 is 2.69 bits per heavy atom. The summed E-state index contributed by atoms with van der Waals surface area (Å²) in [5, 5.41) is 3.49. The third-order valence-electron chi connectivity index (χ3n) is 1.68. The number of nitrogens with one attached hydrogen (secondary N) is 1. The predicted octanol–water partition coefficient (Wildman–Crippen LogP) is 1.58. The van der Waals surface area contributed by atoms with Crippen LogP contribution in [-0.4, -0.2) is 13.7 Å². The van der Waals surface area contributed by atoms with Gasteiger partial charge in [-0.2, -0.15) is 11.3 Å². The van der Waals surface area contributed by atoms with Gasteiger partial charge in [0.05, 0.1) is 5.25 Å². The third kappa shape index (κ3) is 3.10. The van der Waals surface area contributed by atoms with Crippen molar-refractivity contribution in [2.45, 2.75) is 25.6 Å². The number of hydrogen-bond acceptors (Lipinski definition) is 3. The van der Waals surface area contributed by atoms with Crippen LogP contribution in [0.3, 0.4) is 0 Å². The van der Waals surface area contributed by atoms with E-state index >= 15 is 0 Å². The topological polar surface area (TPSA) is 46.2 Å². The molecule has 0 saturated carbocycles. The first-order chi connectivity index (χ1) is 6.02. The van der Waals surface area contributed by atoms with Gasteiger partial charge in [0.2, 0.25) is 10.0 Å². The Kier molecular flexibility index (Phi) is 3.47. The van der Waals surface area contributed by atoms with E-state index in [1.54, 1.807) is 25.2 Å². The number of thiophene rings is 1. The van der Waals surface area contributed by atoms with Gasteiger partial charge in [-0.3, -0.25) is 0 Å². The van der Waals surface area contributed by atoms with Gasteiger partial charge in [-0.05, 0) is 36.2 Å². The van der Waals surface area contributed by atoms with E-state index < -0.39 is 10.0 Å². The van der Waals surface area contributed by atoms with Crippen molar-refractivity contribution in [3.05, 3.63) is 22.4 Å². The summed E-state index contributed by atoms with van der Waals surface area (Å²) in [7, 11) is -3.12. The average Bonchev–Trinajstić information content (AvgIpc) is 2.52. The van der Waals surface area contributed by atoms with Gasteiger partial charge in [-0.25, -0.2) is 13.1 Å². The van der Waals surface area contributed by atoms with E-state index in [-0.39, 0.29) is 5.25 Å². The zero-order valence-corrected chi connectivity index (χ0v) is 9.28. The van der Waals surface area contributed by atoms with E-state index in [4.69, 9.17) is 0 Å². The van der Waals surface area contributed by atoms with Crippen molar-refractivity contribution in [1.82, 2.24) is 4.72 Å². The first-order valence-electron chi connectivity index (χ1n) is 4.02. The lowest BCUT2D eigenvalue weighted by Crippen LogP contribution is -2.30. The molecule has 5 heteroatoms. The molecule has 1 aromatic rings. The predicted molar refractivity (Wildman–Crippen MR) is 55.2 cm³/mol. The molecule has 3 nitrogen and oxygen atoms in total. The van der Waals surface area contributed by atoms with Crippen LogP contribution in [0.15, 0.2) is 16.8 Å². The standard InChI is InChI=1S/C8H13NO2S2/c1-7(2)13(10,11)9-5-8-3-4-12-6-8/h3-4,6-7,9H,5H2,1-2H3. The highest BCUT2D eigenvalue weighted by molar-refractivity contribution is 7.90. The lowest BCUT2D eigenvalue weighted by Gasteiger charge is -2.07. The van der Waals surface area contributed by atoms with Crippen molar-refractivity contribution >= 4 is 21.4 Å². The summed E-state index contributed by atoms with van der Waals surface area (Å²) in [6.45, 7) is 3.72. The number of rotatable bonds is 4. The van der Waals surface area contributed by atoms with Crippen molar-refractivity contribution in [3.63, 3.8) is 0 Å². The molecule has 1 N–H and O–H groups in total. The Balaban J connectivity index is 2.53. The summed E-state index contributed by atoms with van der Waals surface area (Å²) in [5.74, 6) is 0. The molecule has 0 bridgehead atoms. The van der Waals surface area contributed by atoms with Crippen molar-refractivity contribution in [1.29, 1.82) is 0 Å². The summed E-state index contributed by atoms with van der Waals surface area (Å²) < 4.78 is 25.2. The van der Waals surface area contributed by atoms with Crippen LogP contribution in [0.4, 0.5) is 0 Å². The second-order valence-electron chi connectivity index (χ2n) is 3.05. The molecule has 0 amide bonds. The van der Waals surface area contributed by atoms with Gasteiger partial charge in [0.15, 0.2) is 0 Å². The van der Waals surface area contributed by atoms with Crippen LogP contribution < -0.4 is 4.72 Å². The second kappa shape index (κ2) is 4.21. The first-order valence-corrected chi connectivity index (χ1v) is 6.51. The molecule has 1 heterocycles. The molecule has 0 aliphatic carbocycles. The third-order valence-corrected chi connectivity index (χ3v) is 4.20. The minimum atomic E-state index is -3.12. The average molecular weight is 219 g/mol. The fourth-order valence-electron chi connectivity index (χ4n) is 0.744. The summed E-state index contributed by atoms with van der Waals surface area (Å²) in [4.78, 5) is 0. The molecular weight excluding hydrogens is 206 g/mol. The van der Waals surface area contributed by atoms with Crippen LogP contribution in [0.25, 0.3) is 0 Å². The van der Waals surface area contributed by atoms with Crippen LogP contribution in [0.5, 0.6) is 0 Å². The zero-order chi connectivity index (χ0) is 9.90. The Bertz CT molecular complexity index is 340. The van der Waals surface area contributed by atoms with Gasteiger partial charge < -0.3 is 0 Å². The van der Waals surface area contributed by atoms with Crippen LogP contribution in [0, 0.1) is 0 Å². The van der Waals surface area contributed by atoms with Gasteiger partial charge in [0, 0.05) is 6.54 Å². The molecule has 0 aromatic carbocycles. The monoisotopic (exact) mass is 219 g/mol. The number of sulfonamides is 1. The Labute approximate surface area is 82.8 Å². The van der Waals surface area contributed by atoms with E-state index in [0.717, 1.165) is 5.56 Å². The summed E-state index contributed by atoms with van der Waals surface area (Å²) in [6.07, 6.45) is 0. The quantitative estimate of drug-likeness (QED) is 0.835. The molecule has 0 aliphatic rings. The smallest absolute Gasteiger partial charge is 0.212 e. The molecule has 0 radical (unpaired) electrons. The van der Waals surface area contributed by atoms with Gasteiger partial charge in [-0.15, -0.1) is 0 Å². The molecule has 1 rings (SSSR count). The van der Waals surface area contributed by atoms with Crippen molar-refractivity contribution in [2.75, 3.05) is 0 Å². The molecule has 0 aliphatic heterocycles. The molecule has 0 spiro atoms. The Hall–Kier alpha value is -0.390. The van der Waals surface area contributed by atoms with Crippen molar-refractivity contribution in [3.8, 4) is 0 Å². The van der Waals surface area contributed by atoms with Crippen LogP contribution in [0.1, 0.15) is 19.4 Å². The largest absolute Gasteiger partial charge is 0.214 e. The summed E-state index contributed by atoms with van der Waals surface area (Å²) in [6, 6.07) is 1.91. The van der Waals surface area contributed by atoms with Crippen molar-refractivity contribution < 1.29 is 8.42 Å². The van der Waals surface area contributed by atoms with Crippen LogP contribution in [-0.2, 0) is 16.6 Å². The molecule has 1 aromatic heterocycles. The van der Waals surface area contributed by atoms with Gasteiger partial charge >= 0.3 is 0 Å². The fraction of sp³-hybridized carbons (Fsp3) is 0.500. The van der Waals surface area contributed by atoms with Gasteiger partial charge in [0.25, 0.3) is 0 Å². The molecule has 74 valence electrons. The second-order valence-corrected chi connectivity index (χ2v) is 6.15. The fourth-order valence-corrected chi connectivity index (χ4v) is 2.11. The summed E-state index contributed by atoms with van der Waals surface area (Å²) >= 11 is 1.56. The van der Waals surface area contributed by atoms with Gasteiger partial charge in [-0.1, -0.05) is 0 Å². The molecule has 0 fully saturated rings. The van der Waals surface area contributed by atoms with E-state index in [1.807, 2.05) is 16.8 Å². The first kappa shape index (κ1) is 10.7. The highest BCUT2D eigenvalue weighted by Crippen LogP contribution is 2.06. The number of hydrogen-bond donors (Lipinski definition) is 1. The summed E-state index contributed by atoms with van der Waals surface area (Å²) in [5.41, 5.74) is 1.01. The maximum absolute atomic E-state index is 11.3. The van der Waals surface area contributed by atoms with E-state index in [2.05, 4.69) is 4.72 Å².